The van der Waals surface area contributed by atoms with Crippen molar-refractivity contribution in [2.75, 3.05) is 13.1 Å². The van der Waals surface area contributed by atoms with E-state index in [-0.39, 0.29) is 11.3 Å². The average molecular weight is 253 g/mol. The minimum atomic E-state index is -0.770. The Morgan fingerprint density at radius 1 is 1.39 bits per heavy atom. The Balaban J connectivity index is 2.18. The van der Waals surface area contributed by atoms with E-state index in [2.05, 4.69) is 0 Å². The van der Waals surface area contributed by atoms with E-state index in [4.69, 9.17) is 0 Å². The molecule has 1 aromatic carbocycles. The summed E-state index contributed by atoms with van der Waals surface area (Å²) >= 11 is 0. The van der Waals surface area contributed by atoms with Gasteiger partial charge in [-0.25, -0.2) is 4.39 Å². The van der Waals surface area contributed by atoms with E-state index >= 15 is 0 Å². The van der Waals surface area contributed by atoms with Crippen LogP contribution in [0.5, 0.6) is 5.75 Å². The van der Waals surface area contributed by atoms with E-state index in [1.807, 2.05) is 0 Å². The van der Waals surface area contributed by atoms with E-state index in [1.165, 1.54) is 17.0 Å². The number of halogens is 1. The summed E-state index contributed by atoms with van der Waals surface area (Å²) in [6.07, 6.45) is 0.905. The molecule has 0 unspecified atom stereocenters. The van der Waals surface area contributed by atoms with E-state index in [9.17, 15) is 19.4 Å². The molecule has 0 bridgehead atoms. The van der Waals surface area contributed by atoms with Gasteiger partial charge < -0.3 is 15.1 Å². The van der Waals surface area contributed by atoms with Gasteiger partial charge in [-0.15, -0.1) is 0 Å². The number of amides is 1. The highest BCUT2D eigenvalue weighted by molar-refractivity contribution is 5.97. The zero-order valence-electron chi connectivity index (χ0n) is 10.2. The van der Waals surface area contributed by atoms with Crippen LogP contribution in [0.2, 0.25) is 0 Å². The summed E-state index contributed by atoms with van der Waals surface area (Å²) in [7, 11) is 0. The van der Waals surface area contributed by atoms with Crippen LogP contribution in [0.1, 0.15) is 30.1 Å². The van der Waals surface area contributed by atoms with Crippen molar-refractivity contribution in [2.45, 2.75) is 25.4 Å². The summed E-state index contributed by atoms with van der Waals surface area (Å²) in [5.41, 5.74) is -1.06. The number of phenolic OH excluding ortho intramolecular Hbond substituents is 1. The molecule has 1 amide bonds. The fourth-order valence-electron chi connectivity index (χ4n) is 2.07. The summed E-state index contributed by atoms with van der Waals surface area (Å²) in [6.45, 7) is 2.44. The number of rotatable bonds is 1. The Bertz CT molecular complexity index is 443. The molecule has 1 heterocycles. The maximum atomic E-state index is 13.6. The smallest absolute Gasteiger partial charge is 0.260 e. The highest BCUT2D eigenvalue weighted by Gasteiger charge is 2.31. The standard InChI is InChI=1S/C13H16FNO3/c1-13(18)5-7-15(8-6-13)12(17)11-9(14)3-2-4-10(11)16/h2-4,16,18H,5-8H2,1H3. The molecule has 2 rings (SSSR count). The van der Waals surface area contributed by atoms with Crippen molar-refractivity contribution >= 4 is 5.91 Å². The minimum Gasteiger partial charge on any atom is -0.507 e. The maximum absolute atomic E-state index is 13.6. The molecular weight excluding hydrogens is 237 g/mol. The lowest BCUT2D eigenvalue weighted by Crippen LogP contribution is -2.45. The molecule has 0 aromatic heterocycles. The van der Waals surface area contributed by atoms with Gasteiger partial charge >= 0.3 is 0 Å². The van der Waals surface area contributed by atoms with Gasteiger partial charge in [-0.05, 0) is 31.9 Å². The third kappa shape index (κ3) is 2.46. The van der Waals surface area contributed by atoms with Crippen LogP contribution in [-0.4, -0.2) is 39.7 Å². The van der Waals surface area contributed by atoms with E-state index in [0.717, 1.165) is 6.07 Å². The normalized spacial score (nSPS) is 18.7. The van der Waals surface area contributed by atoms with Crippen LogP contribution >= 0.6 is 0 Å². The van der Waals surface area contributed by atoms with Gasteiger partial charge in [-0.2, -0.15) is 0 Å². The number of hydrogen-bond acceptors (Lipinski definition) is 3. The Labute approximate surface area is 105 Å². The maximum Gasteiger partial charge on any atom is 0.260 e. The van der Waals surface area contributed by atoms with Gasteiger partial charge in [-0.3, -0.25) is 4.79 Å². The minimum absolute atomic E-state index is 0.293. The number of aromatic hydroxyl groups is 1. The van der Waals surface area contributed by atoms with Crippen molar-refractivity contribution in [3.8, 4) is 5.75 Å². The molecule has 1 fully saturated rings. The molecule has 2 N–H and O–H groups in total. The summed E-state index contributed by atoms with van der Waals surface area (Å²) in [5, 5.41) is 19.4. The first kappa shape index (κ1) is 12.8. The van der Waals surface area contributed by atoms with Crippen LogP contribution < -0.4 is 0 Å². The largest absolute Gasteiger partial charge is 0.507 e. The molecule has 5 heteroatoms. The molecule has 0 radical (unpaired) electrons. The molecule has 1 aromatic rings. The van der Waals surface area contributed by atoms with Gasteiger partial charge in [0.1, 0.15) is 17.1 Å². The summed E-state index contributed by atoms with van der Waals surface area (Å²) < 4.78 is 13.6. The number of carbonyl (C=O) groups is 1. The number of nitrogens with zero attached hydrogens (tertiary/aromatic N) is 1. The molecule has 0 spiro atoms. The van der Waals surface area contributed by atoms with E-state index < -0.39 is 17.3 Å². The number of benzene rings is 1. The van der Waals surface area contributed by atoms with Crippen LogP contribution in [-0.2, 0) is 0 Å². The van der Waals surface area contributed by atoms with Gasteiger partial charge in [0.25, 0.3) is 5.91 Å². The molecule has 1 saturated heterocycles. The highest BCUT2D eigenvalue weighted by atomic mass is 19.1. The van der Waals surface area contributed by atoms with Gasteiger partial charge in [0.2, 0.25) is 0 Å². The second kappa shape index (κ2) is 4.57. The first-order chi connectivity index (χ1) is 8.41. The first-order valence-corrected chi connectivity index (χ1v) is 5.90. The molecule has 98 valence electrons. The molecule has 0 atom stereocenters. The zero-order chi connectivity index (χ0) is 13.3. The number of hydrogen-bond donors (Lipinski definition) is 2. The van der Waals surface area contributed by atoms with Crippen LogP contribution in [0.3, 0.4) is 0 Å². The Kier molecular flexibility index (Phi) is 3.26. The monoisotopic (exact) mass is 253 g/mol. The molecule has 0 saturated carbocycles. The zero-order valence-corrected chi connectivity index (χ0v) is 10.2. The lowest BCUT2D eigenvalue weighted by atomic mass is 9.93. The van der Waals surface area contributed by atoms with Crippen LogP contribution in [0, 0.1) is 5.82 Å². The second-order valence-corrected chi connectivity index (χ2v) is 4.92. The van der Waals surface area contributed by atoms with Gasteiger partial charge in [-0.1, -0.05) is 6.07 Å². The highest BCUT2D eigenvalue weighted by Crippen LogP contribution is 2.26. The molecule has 1 aliphatic heterocycles. The lowest BCUT2D eigenvalue weighted by Gasteiger charge is -2.35. The number of carbonyl (C=O) groups excluding carboxylic acids is 1. The topological polar surface area (TPSA) is 60.8 Å². The number of likely N-dealkylation sites (tertiary alicyclic amines) is 1. The number of piperidine rings is 1. The van der Waals surface area contributed by atoms with Crippen molar-refractivity contribution in [3.63, 3.8) is 0 Å². The van der Waals surface area contributed by atoms with E-state index in [1.54, 1.807) is 6.92 Å². The van der Waals surface area contributed by atoms with Crippen LogP contribution in [0.15, 0.2) is 18.2 Å². The third-order valence-corrected chi connectivity index (χ3v) is 3.33. The summed E-state index contributed by atoms with van der Waals surface area (Å²) in [6, 6.07) is 3.78. The predicted molar refractivity (Wildman–Crippen MR) is 63.8 cm³/mol. The predicted octanol–water partition coefficient (Wildman–Crippen LogP) is 1.52. The van der Waals surface area contributed by atoms with Gasteiger partial charge in [0, 0.05) is 13.1 Å². The molecule has 18 heavy (non-hydrogen) atoms. The van der Waals surface area contributed by atoms with Gasteiger partial charge in [0.05, 0.1) is 5.60 Å². The number of phenols is 1. The Morgan fingerprint density at radius 3 is 2.56 bits per heavy atom. The molecular formula is C13H16FNO3. The molecule has 4 nitrogen and oxygen atoms in total. The SMILES string of the molecule is CC1(O)CCN(C(=O)c2c(O)cccc2F)CC1. The Morgan fingerprint density at radius 2 is 2.00 bits per heavy atom. The van der Waals surface area contributed by atoms with Crippen LogP contribution in [0.25, 0.3) is 0 Å². The van der Waals surface area contributed by atoms with E-state index in [0.29, 0.717) is 25.9 Å². The van der Waals surface area contributed by atoms with Crippen LogP contribution in [0.4, 0.5) is 4.39 Å². The van der Waals surface area contributed by atoms with Gasteiger partial charge in [0.15, 0.2) is 0 Å². The van der Waals surface area contributed by atoms with Crippen molar-refractivity contribution < 1.29 is 19.4 Å². The summed E-state index contributed by atoms with van der Waals surface area (Å²) in [5.74, 6) is -1.60. The van der Waals surface area contributed by atoms with Crippen molar-refractivity contribution in [2.24, 2.45) is 0 Å². The average Bonchev–Trinajstić information content (AvgIpc) is 2.28. The van der Waals surface area contributed by atoms with Crippen molar-refractivity contribution in [1.29, 1.82) is 0 Å². The van der Waals surface area contributed by atoms with Crippen molar-refractivity contribution in [3.05, 3.63) is 29.6 Å². The third-order valence-electron chi connectivity index (χ3n) is 3.33. The molecule has 1 aliphatic rings. The fourth-order valence-corrected chi connectivity index (χ4v) is 2.07. The molecule has 0 aliphatic carbocycles. The fraction of sp³-hybridized carbons (Fsp3) is 0.462. The lowest BCUT2D eigenvalue weighted by molar-refractivity contribution is -0.00219. The summed E-state index contributed by atoms with van der Waals surface area (Å²) in [4.78, 5) is 13.6. The Hall–Kier alpha value is -1.62. The second-order valence-electron chi connectivity index (χ2n) is 4.92. The quantitative estimate of drug-likeness (QED) is 0.797. The van der Waals surface area contributed by atoms with Crippen molar-refractivity contribution in [1.82, 2.24) is 4.90 Å². The first-order valence-electron chi connectivity index (χ1n) is 5.90. The number of aliphatic hydroxyl groups is 1.